The highest BCUT2D eigenvalue weighted by atomic mass is 16.5. The average Bonchev–Trinajstić information content (AvgIpc) is 3.40. The van der Waals surface area contributed by atoms with Crippen LogP contribution in [0.2, 0.25) is 0 Å². The van der Waals surface area contributed by atoms with Crippen LogP contribution in [-0.4, -0.2) is 44.2 Å². The number of likely N-dealkylation sites (tertiary alicyclic amines) is 1. The average molecular weight is 461 g/mol. The van der Waals surface area contributed by atoms with Crippen LogP contribution in [-0.2, 0) is 6.61 Å². The maximum Gasteiger partial charge on any atom is 0.259 e. The van der Waals surface area contributed by atoms with E-state index in [-0.39, 0.29) is 5.91 Å². The molecule has 1 amide bonds. The lowest BCUT2D eigenvalue weighted by Crippen LogP contribution is -2.21. The van der Waals surface area contributed by atoms with Crippen molar-refractivity contribution in [1.29, 1.82) is 0 Å². The van der Waals surface area contributed by atoms with Crippen LogP contribution in [0.15, 0.2) is 72.8 Å². The van der Waals surface area contributed by atoms with Crippen molar-refractivity contribution >= 4 is 11.6 Å². The fraction of sp³-hybridized carbons (Fsp3) is 0.321. The van der Waals surface area contributed by atoms with E-state index >= 15 is 0 Å². The van der Waals surface area contributed by atoms with Gasteiger partial charge in [0, 0.05) is 24.4 Å². The minimum Gasteiger partial charge on any atom is -0.497 e. The summed E-state index contributed by atoms with van der Waals surface area (Å²) in [7, 11) is 1.60. The SMILES string of the molecule is COc1cccc(NC(=O)c2ccc(OCCCN3CCCC3)cc2OCc2ccccc2)c1. The Morgan fingerprint density at radius 1 is 0.912 bits per heavy atom. The van der Waals surface area contributed by atoms with Crippen molar-refractivity contribution in [2.75, 3.05) is 38.7 Å². The van der Waals surface area contributed by atoms with Crippen molar-refractivity contribution in [1.82, 2.24) is 4.90 Å². The first-order chi connectivity index (χ1) is 16.7. The molecule has 6 heteroatoms. The lowest BCUT2D eigenvalue weighted by atomic mass is 10.1. The fourth-order valence-corrected chi connectivity index (χ4v) is 4.02. The third-order valence-electron chi connectivity index (χ3n) is 5.85. The van der Waals surface area contributed by atoms with Gasteiger partial charge in [-0.2, -0.15) is 0 Å². The second-order valence-corrected chi connectivity index (χ2v) is 8.37. The van der Waals surface area contributed by atoms with Gasteiger partial charge in [-0.05, 0) is 62.2 Å². The van der Waals surface area contributed by atoms with E-state index < -0.39 is 0 Å². The first-order valence-electron chi connectivity index (χ1n) is 11.8. The smallest absolute Gasteiger partial charge is 0.259 e. The summed E-state index contributed by atoms with van der Waals surface area (Å²) in [6.45, 7) is 4.42. The van der Waals surface area contributed by atoms with Crippen LogP contribution < -0.4 is 19.5 Å². The highest BCUT2D eigenvalue weighted by molar-refractivity contribution is 6.06. The van der Waals surface area contributed by atoms with Gasteiger partial charge in [0.05, 0.1) is 19.3 Å². The highest BCUT2D eigenvalue weighted by Crippen LogP contribution is 2.28. The molecule has 0 bridgehead atoms. The zero-order valence-corrected chi connectivity index (χ0v) is 19.7. The Balaban J connectivity index is 1.44. The molecule has 4 rings (SSSR count). The Morgan fingerprint density at radius 3 is 2.53 bits per heavy atom. The Hall–Kier alpha value is -3.51. The van der Waals surface area contributed by atoms with Crippen molar-refractivity contribution < 1.29 is 19.0 Å². The van der Waals surface area contributed by atoms with Gasteiger partial charge in [-0.25, -0.2) is 0 Å². The van der Waals surface area contributed by atoms with Crippen LogP contribution >= 0.6 is 0 Å². The number of nitrogens with zero attached hydrogens (tertiary/aromatic N) is 1. The third-order valence-corrected chi connectivity index (χ3v) is 5.85. The van der Waals surface area contributed by atoms with Crippen LogP contribution in [0.4, 0.5) is 5.69 Å². The van der Waals surface area contributed by atoms with Gasteiger partial charge in [0.2, 0.25) is 0 Å². The molecule has 34 heavy (non-hydrogen) atoms. The summed E-state index contributed by atoms with van der Waals surface area (Å²) in [5.41, 5.74) is 2.13. The van der Waals surface area contributed by atoms with Gasteiger partial charge in [0.1, 0.15) is 23.9 Å². The van der Waals surface area contributed by atoms with E-state index in [2.05, 4.69) is 10.2 Å². The quantitative estimate of drug-likeness (QED) is 0.389. The summed E-state index contributed by atoms with van der Waals surface area (Å²) in [6.07, 6.45) is 3.56. The summed E-state index contributed by atoms with van der Waals surface area (Å²) in [5, 5.41) is 2.93. The summed E-state index contributed by atoms with van der Waals surface area (Å²) in [4.78, 5) is 15.6. The van der Waals surface area contributed by atoms with E-state index in [9.17, 15) is 4.79 Å². The molecule has 1 aliphatic rings. The molecule has 0 radical (unpaired) electrons. The zero-order valence-electron chi connectivity index (χ0n) is 19.7. The van der Waals surface area contributed by atoms with Crippen LogP contribution in [0.5, 0.6) is 17.2 Å². The summed E-state index contributed by atoms with van der Waals surface area (Å²) >= 11 is 0. The van der Waals surface area contributed by atoms with E-state index in [1.165, 1.54) is 25.9 Å². The number of carbonyl (C=O) groups is 1. The molecule has 0 atom stereocenters. The second kappa shape index (κ2) is 12.1. The Bertz CT molecular complexity index is 1070. The molecule has 1 aliphatic heterocycles. The highest BCUT2D eigenvalue weighted by Gasteiger charge is 2.16. The number of rotatable bonds is 11. The van der Waals surface area contributed by atoms with Gasteiger partial charge >= 0.3 is 0 Å². The Labute approximate surface area is 201 Å². The number of benzene rings is 3. The molecular formula is C28H32N2O4. The van der Waals surface area contributed by atoms with Gasteiger partial charge in [-0.15, -0.1) is 0 Å². The van der Waals surface area contributed by atoms with Crippen LogP contribution in [0, 0.1) is 0 Å². The van der Waals surface area contributed by atoms with E-state index in [1.54, 1.807) is 25.3 Å². The van der Waals surface area contributed by atoms with Gasteiger partial charge in [0.25, 0.3) is 5.91 Å². The Kier molecular flexibility index (Phi) is 8.41. The van der Waals surface area contributed by atoms with Crippen molar-refractivity contribution in [3.8, 4) is 17.2 Å². The molecule has 1 saturated heterocycles. The maximum absolute atomic E-state index is 13.1. The van der Waals surface area contributed by atoms with Crippen molar-refractivity contribution in [2.45, 2.75) is 25.9 Å². The number of carbonyl (C=O) groups excluding carboxylic acids is 1. The van der Waals surface area contributed by atoms with Gasteiger partial charge in [0.15, 0.2) is 0 Å². The molecule has 6 nitrogen and oxygen atoms in total. The molecule has 0 unspecified atom stereocenters. The van der Waals surface area contributed by atoms with Crippen molar-refractivity contribution in [2.24, 2.45) is 0 Å². The van der Waals surface area contributed by atoms with Gasteiger partial charge in [-0.3, -0.25) is 4.79 Å². The van der Waals surface area contributed by atoms with E-state index in [1.807, 2.05) is 54.6 Å². The number of amides is 1. The number of anilines is 1. The number of ether oxygens (including phenoxy) is 3. The van der Waals surface area contributed by atoms with Gasteiger partial charge in [-0.1, -0.05) is 36.4 Å². The number of hydrogen-bond acceptors (Lipinski definition) is 5. The Morgan fingerprint density at radius 2 is 1.74 bits per heavy atom. The molecule has 3 aromatic rings. The van der Waals surface area contributed by atoms with Crippen molar-refractivity contribution in [3.63, 3.8) is 0 Å². The minimum absolute atomic E-state index is 0.253. The second-order valence-electron chi connectivity index (χ2n) is 8.37. The topological polar surface area (TPSA) is 60.0 Å². The molecule has 1 N–H and O–H groups in total. The van der Waals surface area contributed by atoms with E-state index in [4.69, 9.17) is 14.2 Å². The molecule has 178 valence electrons. The van der Waals surface area contributed by atoms with Crippen molar-refractivity contribution in [3.05, 3.63) is 83.9 Å². The molecule has 0 saturated carbocycles. The predicted molar refractivity (Wildman–Crippen MR) is 134 cm³/mol. The molecule has 0 aromatic heterocycles. The normalized spacial score (nSPS) is 13.4. The van der Waals surface area contributed by atoms with Gasteiger partial charge < -0.3 is 24.4 Å². The summed E-state index contributed by atoms with van der Waals surface area (Å²) in [5.74, 6) is 1.61. The van der Waals surface area contributed by atoms with Crippen LogP contribution in [0.3, 0.4) is 0 Å². The minimum atomic E-state index is -0.253. The molecule has 1 fully saturated rings. The molecule has 0 aliphatic carbocycles. The fourth-order valence-electron chi connectivity index (χ4n) is 4.02. The summed E-state index contributed by atoms with van der Waals surface area (Å²) in [6, 6.07) is 22.5. The van der Waals surface area contributed by atoms with E-state index in [0.29, 0.717) is 41.7 Å². The number of nitrogens with one attached hydrogen (secondary N) is 1. The lowest BCUT2D eigenvalue weighted by Gasteiger charge is -2.16. The van der Waals surface area contributed by atoms with Crippen LogP contribution in [0.25, 0.3) is 0 Å². The van der Waals surface area contributed by atoms with E-state index in [0.717, 1.165) is 18.5 Å². The molecule has 1 heterocycles. The zero-order chi connectivity index (χ0) is 23.6. The van der Waals surface area contributed by atoms with Crippen LogP contribution in [0.1, 0.15) is 35.2 Å². The molecule has 3 aromatic carbocycles. The molecule has 0 spiro atoms. The maximum atomic E-state index is 13.1. The third kappa shape index (κ3) is 6.75. The summed E-state index contributed by atoms with van der Waals surface area (Å²) < 4.78 is 17.3. The predicted octanol–water partition coefficient (Wildman–Crippen LogP) is 5.39. The standard InChI is InChI=1S/C28H32N2O4/c1-32-24-12-7-11-23(19-24)29-28(31)26-14-13-25(33-18-8-17-30-15-5-6-16-30)20-27(26)34-21-22-9-3-2-4-10-22/h2-4,7,9-14,19-20H,5-6,8,15-18,21H2,1H3,(H,29,31). The first kappa shape index (κ1) is 23.6. The monoisotopic (exact) mass is 460 g/mol. The lowest BCUT2D eigenvalue weighted by molar-refractivity contribution is 0.102. The largest absolute Gasteiger partial charge is 0.497 e. The molecular weight excluding hydrogens is 428 g/mol. The number of hydrogen-bond donors (Lipinski definition) is 1. The first-order valence-corrected chi connectivity index (χ1v) is 11.8. The number of methoxy groups -OCH3 is 1.